The van der Waals surface area contributed by atoms with E-state index in [1.165, 1.54) is 5.56 Å². The molecule has 0 spiro atoms. The molecular formula is C20H22N2O3. The number of aryl methyl sites for hydroxylation is 1. The maximum Gasteiger partial charge on any atom is 0.277 e. The first-order valence-corrected chi connectivity index (χ1v) is 8.47. The van der Waals surface area contributed by atoms with E-state index in [0.29, 0.717) is 11.5 Å². The molecule has 0 saturated heterocycles. The van der Waals surface area contributed by atoms with Gasteiger partial charge in [-0.3, -0.25) is 4.79 Å². The van der Waals surface area contributed by atoms with Gasteiger partial charge >= 0.3 is 0 Å². The topological polar surface area (TPSA) is 59.9 Å². The lowest BCUT2D eigenvalue weighted by Gasteiger charge is -2.10. The minimum Gasteiger partial charge on any atom is -0.493 e. The van der Waals surface area contributed by atoms with E-state index in [9.17, 15) is 4.79 Å². The first-order chi connectivity index (χ1) is 12.3. The van der Waals surface area contributed by atoms with E-state index >= 15 is 0 Å². The molecule has 5 heteroatoms. The molecule has 1 aliphatic carbocycles. The van der Waals surface area contributed by atoms with E-state index in [-0.39, 0.29) is 12.5 Å². The second-order valence-corrected chi connectivity index (χ2v) is 5.90. The summed E-state index contributed by atoms with van der Waals surface area (Å²) < 4.78 is 10.7. The fourth-order valence-electron chi connectivity index (χ4n) is 2.92. The van der Waals surface area contributed by atoms with Crippen LogP contribution in [-0.2, 0) is 11.2 Å². The predicted octanol–water partition coefficient (Wildman–Crippen LogP) is 3.32. The molecule has 0 unspecified atom stereocenters. The Morgan fingerprint density at radius 2 is 1.76 bits per heavy atom. The Kier molecular flexibility index (Phi) is 5.67. The van der Waals surface area contributed by atoms with Gasteiger partial charge in [0.2, 0.25) is 0 Å². The number of methoxy groups -OCH3 is 1. The maximum absolute atomic E-state index is 12.1. The van der Waals surface area contributed by atoms with Crippen molar-refractivity contribution in [1.82, 2.24) is 5.43 Å². The van der Waals surface area contributed by atoms with Crippen LogP contribution in [0.25, 0.3) is 0 Å². The highest BCUT2D eigenvalue weighted by atomic mass is 16.5. The van der Waals surface area contributed by atoms with Crippen LogP contribution >= 0.6 is 0 Å². The molecule has 1 amide bonds. The minimum atomic E-state index is -0.292. The van der Waals surface area contributed by atoms with E-state index in [0.717, 1.165) is 37.0 Å². The van der Waals surface area contributed by atoms with Crippen molar-refractivity contribution in [3.63, 3.8) is 0 Å². The van der Waals surface area contributed by atoms with Crippen molar-refractivity contribution in [2.45, 2.75) is 25.7 Å². The van der Waals surface area contributed by atoms with Crippen LogP contribution in [0.3, 0.4) is 0 Å². The molecule has 0 fully saturated rings. The van der Waals surface area contributed by atoms with Crippen LogP contribution in [0.5, 0.6) is 11.5 Å². The van der Waals surface area contributed by atoms with Gasteiger partial charge in [-0.1, -0.05) is 36.4 Å². The molecule has 2 aromatic carbocycles. The molecule has 0 aromatic heterocycles. The Bertz CT molecular complexity index is 771. The van der Waals surface area contributed by atoms with Gasteiger partial charge < -0.3 is 9.47 Å². The van der Waals surface area contributed by atoms with E-state index < -0.39 is 0 Å². The number of amides is 1. The third-order valence-electron chi connectivity index (χ3n) is 4.18. The SMILES string of the molecule is COc1ccccc1OCC(=O)N/N=C1/CCCCc2ccccc21. The molecule has 1 N–H and O–H groups in total. The molecule has 0 atom stereocenters. The van der Waals surface area contributed by atoms with Crippen LogP contribution in [0.1, 0.15) is 30.4 Å². The summed E-state index contributed by atoms with van der Waals surface area (Å²) in [6.45, 7) is -0.112. The van der Waals surface area contributed by atoms with Gasteiger partial charge in [0, 0.05) is 5.56 Å². The van der Waals surface area contributed by atoms with Crippen LogP contribution in [0, 0.1) is 0 Å². The minimum absolute atomic E-state index is 0.112. The Morgan fingerprint density at radius 1 is 1.04 bits per heavy atom. The van der Waals surface area contributed by atoms with E-state index in [4.69, 9.17) is 9.47 Å². The number of hydrogen-bond donors (Lipinski definition) is 1. The van der Waals surface area contributed by atoms with Crippen LogP contribution in [0.15, 0.2) is 53.6 Å². The summed E-state index contributed by atoms with van der Waals surface area (Å²) in [5, 5.41) is 4.35. The standard InChI is InChI=1S/C20H22N2O3/c1-24-18-12-6-7-13-19(18)25-14-20(23)22-21-17-11-5-3-9-15-8-2-4-10-16(15)17/h2,4,6-8,10,12-13H,3,5,9,11,14H2,1H3,(H,22,23)/b21-17-. The van der Waals surface area contributed by atoms with Crippen LogP contribution < -0.4 is 14.9 Å². The molecule has 25 heavy (non-hydrogen) atoms. The van der Waals surface area contributed by atoms with Gasteiger partial charge in [-0.25, -0.2) is 5.43 Å². The third kappa shape index (κ3) is 4.38. The lowest BCUT2D eigenvalue weighted by Crippen LogP contribution is -2.26. The number of carbonyl (C=O) groups is 1. The van der Waals surface area contributed by atoms with Crippen molar-refractivity contribution in [1.29, 1.82) is 0 Å². The molecular weight excluding hydrogens is 316 g/mol. The number of para-hydroxylation sites is 2. The zero-order valence-electron chi connectivity index (χ0n) is 14.3. The van der Waals surface area contributed by atoms with Gasteiger partial charge in [0.05, 0.1) is 12.8 Å². The zero-order chi connectivity index (χ0) is 17.5. The first-order valence-electron chi connectivity index (χ1n) is 8.47. The number of hydrazone groups is 1. The molecule has 0 heterocycles. The van der Waals surface area contributed by atoms with Gasteiger partial charge in [-0.2, -0.15) is 5.10 Å². The number of benzene rings is 2. The fraction of sp³-hybridized carbons (Fsp3) is 0.300. The van der Waals surface area contributed by atoms with Crippen molar-refractivity contribution in [3.8, 4) is 11.5 Å². The molecule has 0 bridgehead atoms. The van der Waals surface area contributed by atoms with Crippen molar-refractivity contribution in [2.75, 3.05) is 13.7 Å². The molecule has 0 saturated carbocycles. The first kappa shape index (κ1) is 17.0. The van der Waals surface area contributed by atoms with Gasteiger partial charge in [0.25, 0.3) is 5.91 Å². The maximum atomic E-state index is 12.1. The summed E-state index contributed by atoms with van der Waals surface area (Å²) >= 11 is 0. The van der Waals surface area contributed by atoms with E-state index in [1.54, 1.807) is 19.2 Å². The fourth-order valence-corrected chi connectivity index (χ4v) is 2.92. The molecule has 2 aromatic rings. The molecule has 5 nitrogen and oxygen atoms in total. The molecule has 0 aliphatic heterocycles. The second kappa shape index (κ2) is 8.33. The number of fused-ring (bicyclic) bond motifs is 1. The van der Waals surface area contributed by atoms with Gasteiger partial charge in [-0.15, -0.1) is 0 Å². The third-order valence-corrected chi connectivity index (χ3v) is 4.18. The number of hydrogen-bond acceptors (Lipinski definition) is 4. The smallest absolute Gasteiger partial charge is 0.277 e. The molecule has 130 valence electrons. The van der Waals surface area contributed by atoms with E-state index in [2.05, 4.69) is 22.7 Å². The Hall–Kier alpha value is -2.82. The monoisotopic (exact) mass is 338 g/mol. The second-order valence-electron chi connectivity index (χ2n) is 5.90. The van der Waals surface area contributed by atoms with Crippen LogP contribution in [-0.4, -0.2) is 25.3 Å². The Morgan fingerprint density at radius 3 is 2.60 bits per heavy atom. The molecule has 1 aliphatic rings. The summed E-state index contributed by atoms with van der Waals surface area (Å²) in [6, 6.07) is 15.5. The summed E-state index contributed by atoms with van der Waals surface area (Å²) in [7, 11) is 1.57. The highest BCUT2D eigenvalue weighted by Gasteiger charge is 2.14. The predicted molar refractivity (Wildman–Crippen MR) is 97.2 cm³/mol. The van der Waals surface area contributed by atoms with Gasteiger partial charge in [-0.05, 0) is 43.4 Å². The average Bonchev–Trinajstić information content (AvgIpc) is 2.87. The largest absolute Gasteiger partial charge is 0.493 e. The van der Waals surface area contributed by atoms with Crippen molar-refractivity contribution >= 4 is 11.6 Å². The quantitative estimate of drug-likeness (QED) is 0.672. The van der Waals surface area contributed by atoms with Crippen molar-refractivity contribution < 1.29 is 14.3 Å². The molecule has 0 radical (unpaired) electrons. The van der Waals surface area contributed by atoms with Gasteiger partial charge in [0.1, 0.15) is 0 Å². The normalized spacial score (nSPS) is 15.2. The van der Waals surface area contributed by atoms with Gasteiger partial charge in [0.15, 0.2) is 18.1 Å². The van der Waals surface area contributed by atoms with Crippen LogP contribution in [0.4, 0.5) is 0 Å². The summed E-state index contributed by atoms with van der Waals surface area (Å²) in [5.41, 5.74) is 5.96. The number of carbonyl (C=O) groups excluding carboxylic acids is 1. The lowest BCUT2D eigenvalue weighted by atomic mass is 10.0. The number of nitrogens with zero attached hydrogens (tertiary/aromatic N) is 1. The number of rotatable bonds is 5. The highest BCUT2D eigenvalue weighted by molar-refractivity contribution is 6.02. The Balaban J connectivity index is 1.63. The number of nitrogens with one attached hydrogen (secondary N) is 1. The van der Waals surface area contributed by atoms with Crippen molar-refractivity contribution in [2.24, 2.45) is 5.10 Å². The average molecular weight is 338 g/mol. The summed E-state index contributed by atoms with van der Waals surface area (Å²) in [5.74, 6) is 0.840. The Labute approximate surface area is 147 Å². The summed E-state index contributed by atoms with van der Waals surface area (Å²) in [4.78, 5) is 12.1. The zero-order valence-corrected chi connectivity index (χ0v) is 14.3. The highest BCUT2D eigenvalue weighted by Crippen LogP contribution is 2.25. The summed E-state index contributed by atoms with van der Waals surface area (Å²) in [6.07, 6.45) is 4.13. The lowest BCUT2D eigenvalue weighted by molar-refractivity contribution is -0.123. The van der Waals surface area contributed by atoms with E-state index in [1.807, 2.05) is 24.3 Å². The van der Waals surface area contributed by atoms with Crippen LogP contribution in [0.2, 0.25) is 0 Å². The van der Waals surface area contributed by atoms with Crippen molar-refractivity contribution in [3.05, 3.63) is 59.7 Å². The number of ether oxygens (including phenoxy) is 2. The molecule has 3 rings (SSSR count).